The van der Waals surface area contributed by atoms with E-state index in [1.807, 2.05) is 0 Å². The van der Waals surface area contributed by atoms with Gasteiger partial charge in [0, 0.05) is 4.91 Å². The Balaban J connectivity index is 2.67. The van der Waals surface area contributed by atoms with Crippen LogP contribution in [0.2, 0.25) is 0 Å². The van der Waals surface area contributed by atoms with Gasteiger partial charge in [0.2, 0.25) is 0 Å². The first-order valence-electron chi connectivity index (χ1n) is 3.98. The molecule has 9 heteroatoms. The van der Waals surface area contributed by atoms with Crippen molar-refractivity contribution in [2.75, 3.05) is 6.54 Å². The summed E-state index contributed by atoms with van der Waals surface area (Å²) < 4.78 is 1.18. The van der Waals surface area contributed by atoms with E-state index in [1.54, 1.807) is 0 Å². The molecule has 1 aromatic rings. The van der Waals surface area contributed by atoms with Gasteiger partial charge in [0.1, 0.15) is 12.7 Å². The van der Waals surface area contributed by atoms with E-state index in [2.05, 4.69) is 15.0 Å². The molecular formula is C6H8N6O3. The molecule has 0 aliphatic rings. The van der Waals surface area contributed by atoms with Crippen molar-refractivity contribution in [3.8, 4) is 0 Å². The minimum Gasteiger partial charge on any atom is -0.389 e. The summed E-state index contributed by atoms with van der Waals surface area (Å²) in [6.07, 6.45) is 1.35. The van der Waals surface area contributed by atoms with Crippen LogP contribution in [0.4, 0.5) is 5.82 Å². The van der Waals surface area contributed by atoms with Crippen LogP contribution in [0.1, 0.15) is 0 Å². The topological polar surface area (TPSA) is 130 Å². The van der Waals surface area contributed by atoms with E-state index >= 15 is 0 Å². The maximum Gasteiger partial charge on any atom is 0.342 e. The fraction of sp³-hybridized carbons (Fsp3) is 0.500. The van der Waals surface area contributed by atoms with E-state index in [1.165, 1.54) is 10.9 Å². The lowest BCUT2D eigenvalue weighted by Crippen LogP contribution is -2.19. The Labute approximate surface area is 83.7 Å². The van der Waals surface area contributed by atoms with Crippen LogP contribution < -0.4 is 0 Å². The summed E-state index contributed by atoms with van der Waals surface area (Å²) in [5, 5.41) is 22.9. The predicted molar refractivity (Wildman–Crippen MR) is 48.9 cm³/mol. The highest BCUT2D eigenvalue weighted by Crippen LogP contribution is 2.10. The van der Waals surface area contributed by atoms with Gasteiger partial charge in [-0.25, -0.2) is 9.55 Å². The van der Waals surface area contributed by atoms with Crippen LogP contribution >= 0.6 is 0 Å². The summed E-state index contributed by atoms with van der Waals surface area (Å²) in [7, 11) is 0. The van der Waals surface area contributed by atoms with Crippen LogP contribution in [0.3, 0.4) is 0 Å². The van der Waals surface area contributed by atoms with Crippen molar-refractivity contribution in [1.29, 1.82) is 0 Å². The van der Waals surface area contributed by atoms with Crippen molar-refractivity contribution >= 4 is 5.82 Å². The first-order valence-corrected chi connectivity index (χ1v) is 3.98. The molecule has 15 heavy (non-hydrogen) atoms. The third-order valence-electron chi connectivity index (χ3n) is 1.64. The maximum absolute atomic E-state index is 10.5. The number of hydrogen-bond acceptors (Lipinski definition) is 5. The second-order valence-electron chi connectivity index (χ2n) is 2.73. The molecule has 1 aromatic heterocycles. The number of imidazole rings is 1. The number of aliphatic hydroxyl groups excluding tert-OH is 1. The molecule has 1 rings (SSSR count). The van der Waals surface area contributed by atoms with Gasteiger partial charge in [-0.15, -0.1) is 0 Å². The number of hydrogen-bond donors (Lipinski definition) is 1. The number of aromatic nitrogens is 2. The summed E-state index contributed by atoms with van der Waals surface area (Å²) in [4.78, 5) is 15.9. The second-order valence-corrected chi connectivity index (χ2v) is 2.73. The van der Waals surface area contributed by atoms with Gasteiger partial charge in [-0.2, -0.15) is 0 Å². The maximum atomic E-state index is 10.5. The number of azide groups is 1. The first-order chi connectivity index (χ1) is 7.15. The molecule has 0 bridgehead atoms. The van der Waals surface area contributed by atoms with Gasteiger partial charge in [0.15, 0.2) is 6.33 Å². The molecule has 0 amide bonds. The lowest BCUT2D eigenvalue weighted by Gasteiger charge is -2.05. The highest BCUT2D eigenvalue weighted by Gasteiger charge is 2.16. The normalized spacial score (nSPS) is 11.8. The van der Waals surface area contributed by atoms with Crippen molar-refractivity contribution in [3.63, 3.8) is 0 Å². The van der Waals surface area contributed by atoms with E-state index in [9.17, 15) is 15.2 Å². The van der Waals surface area contributed by atoms with Crippen molar-refractivity contribution in [3.05, 3.63) is 33.1 Å². The SMILES string of the molecule is [N-]=[N+]=NCC(O)Cn1cncc1[N+](=O)[O-]. The van der Waals surface area contributed by atoms with E-state index in [4.69, 9.17) is 5.53 Å². The molecule has 1 N–H and O–H groups in total. The molecule has 0 aromatic carbocycles. The predicted octanol–water partition coefficient (Wildman–Crippen LogP) is 0.462. The summed E-state index contributed by atoms with van der Waals surface area (Å²) in [6, 6.07) is 0. The quantitative estimate of drug-likeness (QED) is 0.250. The molecule has 0 radical (unpaired) electrons. The Morgan fingerprint density at radius 1 is 1.87 bits per heavy atom. The Morgan fingerprint density at radius 3 is 3.20 bits per heavy atom. The highest BCUT2D eigenvalue weighted by molar-refractivity contribution is 5.14. The van der Waals surface area contributed by atoms with Crippen LogP contribution in [0, 0.1) is 10.1 Å². The lowest BCUT2D eigenvalue weighted by atomic mass is 10.3. The number of nitro groups is 1. The Kier molecular flexibility index (Phi) is 3.61. The van der Waals surface area contributed by atoms with Crippen LogP contribution in [0.25, 0.3) is 10.4 Å². The van der Waals surface area contributed by atoms with Gasteiger partial charge in [-0.3, -0.25) is 0 Å². The zero-order valence-electron chi connectivity index (χ0n) is 7.59. The molecular weight excluding hydrogens is 204 g/mol. The van der Waals surface area contributed by atoms with E-state index in [0.717, 1.165) is 6.20 Å². The van der Waals surface area contributed by atoms with Crippen LogP contribution in [0.15, 0.2) is 17.6 Å². The zero-order valence-corrected chi connectivity index (χ0v) is 7.59. The summed E-state index contributed by atoms with van der Waals surface area (Å²) >= 11 is 0. The van der Waals surface area contributed by atoms with Gasteiger partial charge in [-0.05, 0) is 10.5 Å². The molecule has 0 aliphatic heterocycles. The van der Waals surface area contributed by atoms with Gasteiger partial charge in [-0.1, -0.05) is 5.11 Å². The fourth-order valence-corrected chi connectivity index (χ4v) is 1.02. The standard InChI is InChI=1S/C6H8N6O3/c7-10-9-1-5(13)3-11-4-8-2-6(11)12(14)15/h2,4-5,13H,1,3H2. The minimum atomic E-state index is -0.964. The minimum absolute atomic E-state index is 0.0324. The molecule has 0 saturated carbocycles. The van der Waals surface area contributed by atoms with E-state index < -0.39 is 11.0 Å². The van der Waals surface area contributed by atoms with Crippen molar-refractivity contribution < 1.29 is 10.0 Å². The van der Waals surface area contributed by atoms with Gasteiger partial charge < -0.3 is 15.2 Å². The number of aliphatic hydroxyl groups is 1. The zero-order chi connectivity index (χ0) is 11.3. The Morgan fingerprint density at radius 2 is 2.60 bits per heavy atom. The third-order valence-corrected chi connectivity index (χ3v) is 1.64. The summed E-state index contributed by atoms with van der Waals surface area (Å²) in [6.45, 7) is -0.166. The van der Waals surface area contributed by atoms with E-state index in [0.29, 0.717) is 0 Å². The fourth-order valence-electron chi connectivity index (χ4n) is 1.02. The van der Waals surface area contributed by atoms with Gasteiger partial charge in [0.25, 0.3) is 0 Å². The molecule has 0 fully saturated rings. The molecule has 1 unspecified atom stereocenters. The largest absolute Gasteiger partial charge is 0.389 e. The lowest BCUT2D eigenvalue weighted by molar-refractivity contribution is -0.392. The van der Waals surface area contributed by atoms with Crippen molar-refractivity contribution in [2.45, 2.75) is 12.6 Å². The number of nitrogens with zero attached hydrogens (tertiary/aromatic N) is 6. The second kappa shape index (κ2) is 4.94. The van der Waals surface area contributed by atoms with E-state index in [-0.39, 0.29) is 18.9 Å². The molecule has 0 aliphatic carbocycles. The van der Waals surface area contributed by atoms with Crippen LogP contribution in [0.5, 0.6) is 0 Å². The average Bonchev–Trinajstić information content (AvgIpc) is 2.62. The molecule has 1 atom stereocenters. The van der Waals surface area contributed by atoms with Crippen molar-refractivity contribution in [2.24, 2.45) is 5.11 Å². The molecule has 1 heterocycles. The Bertz CT molecular complexity index is 395. The summed E-state index contributed by atoms with van der Waals surface area (Å²) in [5.41, 5.74) is 8.00. The van der Waals surface area contributed by atoms with Crippen LogP contribution in [-0.4, -0.2) is 32.2 Å². The molecule has 9 nitrogen and oxygen atoms in total. The van der Waals surface area contributed by atoms with Gasteiger partial charge >= 0.3 is 5.82 Å². The molecule has 0 spiro atoms. The van der Waals surface area contributed by atoms with Crippen molar-refractivity contribution in [1.82, 2.24) is 9.55 Å². The van der Waals surface area contributed by atoms with Gasteiger partial charge in [0.05, 0.1) is 12.6 Å². The number of rotatable bonds is 5. The monoisotopic (exact) mass is 212 g/mol. The molecule has 0 saturated heterocycles. The third kappa shape index (κ3) is 2.93. The molecule has 80 valence electrons. The summed E-state index contributed by atoms with van der Waals surface area (Å²) in [5.74, 6) is -0.213. The first kappa shape index (κ1) is 11.0. The average molecular weight is 212 g/mol. The van der Waals surface area contributed by atoms with Crippen LogP contribution in [-0.2, 0) is 6.54 Å². The highest BCUT2D eigenvalue weighted by atomic mass is 16.6. The smallest absolute Gasteiger partial charge is 0.342 e. The Hall–Kier alpha value is -2.12.